The van der Waals surface area contributed by atoms with Gasteiger partial charge in [0.1, 0.15) is 23.9 Å². The van der Waals surface area contributed by atoms with Gasteiger partial charge in [0.15, 0.2) is 0 Å². The molecule has 3 rings (SSSR count). The highest BCUT2D eigenvalue weighted by atomic mass is 32.2. The van der Waals surface area contributed by atoms with Crippen LogP contribution in [0.3, 0.4) is 0 Å². The molecule has 0 amide bonds. The van der Waals surface area contributed by atoms with Crippen molar-refractivity contribution in [2.75, 3.05) is 25.1 Å². The first-order valence-electron chi connectivity index (χ1n) is 8.71. The number of rotatable bonds is 8. The molecule has 28 heavy (non-hydrogen) atoms. The van der Waals surface area contributed by atoms with Gasteiger partial charge in [-0.2, -0.15) is 0 Å². The molecule has 6 nitrogen and oxygen atoms in total. The Hall–Kier alpha value is -3.03. The van der Waals surface area contributed by atoms with Gasteiger partial charge < -0.3 is 14.4 Å². The monoisotopic (exact) mass is 398 g/mol. The first-order chi connectivity index (χ1) is 13.4. The van der Waals surface area contributed by atoms with Crippen LogP contribution in [0, 0.1) is 0 Å². The molecule has 0 aliphatic heterocycles. The molecular formula is C21H22N2O4S. The maximum Gasteiger partial charge on any atom is 0.238 e. The highest BCUT2D eigenvalue weighted by molar-refractivity contribution is 7.89. The van der Waals surface area contributed by atoms with E-state index in [9.17, 15) is 8.42 Å². The Kier molecular flexibility index (Phi) is 6.18. The molecule has 0 saturated carbocycles. The molecule has 146 valence electrons. The number of primary sulfonamides is 1. The van der Waals surface area contributed by atoms with Crippen molar-refractivity contribution >= 4 is 15.7 Å². The van der Waals surface area contributed by atoms with Gasteiger partial charge in [-0.05, 0) is 60.7 Å². The summed E-state index contributed by atoms with van der Waals surface area (Å²) in [4.78, 5) is 2.13. The standard InChI is InChI=1S/C21H22N2O4S/c1-23(15-16-26-18-11-13-21(14-12-18)28(22,24)25)17-7-9-20(10-8-17)27-19-5-3-2-4-6-19/h2-14H,15-16H2,1H3,(H2,22,24,25). The van der Waals surface area contributed by atoms with Crippen molar-refractivity contribution in [3.63, 3.8) is 0 Å². The zero-order valence-electron chi connectivity index (χ0n) is 15.5. The number of sulfonamides is 1. The number of nitrogens with zero attached hydrogens (tertiary/aromatic N) is 1. The minimum absolute atomic E-state index is 0.0646. The summed E-state index contributed by atoms with van der Waals surface area (Å²) in [6, 6.07) is 23.5. The minimum atomic E-state index is -3.69. The van der Waals surface area contributed by atoms with Gasteiger partial charge >= 0.3 is 0 Å². The highest BCUT2D eigenvalue weighted by Gasteiger charge is 2.07. The molecule has 0 radical (unpaired) electrons. The third-order valence-electron chi connectivity index (χ3n) is 4.10. The summed E-state index contributed by atoms with van der Waals surface area (Å²) >= 11 is 0. The molecule has 0 aliphatic rings. The summed E-state index contributed by atoms with van der Waals surface area (Å²) in [6.45, 7) is 1.11. The molecule has 0 bridgehead atoms. The van der Waals surface area contributed by atoms with Crippen LogP contribution >= 0.6 is 0 Å². The van der Waals surface area contributed by atoms with Gasteiger partial charge in [0.25, 0.3) is 0 Å². The maximum atomic E-state index is 11.3. The van der Waals surface area contributed by atoms with E-state index in [1.54, 1.807) is 12.1 Å². The number of hydrogen-bond donors (Lipinski definition) is 1. The van der Waals surface area contributed by atoms with Gasteiger partial charge in [0.05, 0.1) is 11.4 Å². The minimum Gasteiger partial charge on any atom is -0.492 e. The second kappa shape index (κ2) is 8.77. The van der Waals surface area contributed by atoms with Crippen LogP contribution in [-0.4, -0.2) is 28.6 Å². The van der Waals surface area contributed by atoms with E-state index in [1.807, 2.05) is 61.6 Å². The molecule has 0 aliphatic carbocycles. The van der Waals surface area contributed by atoms with Gasteiger partial charge in [-0.1, -0.05) is 18.2 Å². The van der Waals surface area contributed by atoms with Crippen LogP contribution in [-0.2, 0) is 10.0 Å². The number of nitrogens with two attached hydrogens (primary N) is 1. The fraction of sp³-hybridized carbons (Fsp3) is 0.143. The Morgan fingerprint density at radius 1 is 0.821 bits per heavy atom. The Balaban J connectivity index is 1.50. The van der Waals surface area contributed by atoms with E-state index in [2.05, 4.69) is 4.90 Å². The third-order valence-corrected chi connectivity index (χ3v) is 5.03. The largest absolute Gasteiger partial charge is 0.492 e. The SMILES string of the molecule is CN(CCOc1ccc(S(N)(=O)=O)cc1)c1ccc(Oc2ccccc2)cc1. The van der Waals surface area contributed by atoms with E-state index in [4.69, 9.17) is 14.6 Å². The van der Waals surface area contributed by atoms with Crippen molar-refractivity contribution < 1.29 is 17.9 Å². The number of benzene rings is 3. The fourth-order valence-electron chi connectivity index (χ4n) is 2.55. The van der Waals surface area contributed by atoms with Gasteiger partial charge in [-0.3, -0.25) is 0 Å². The van der Waals surface area contributed by atoms with Gasteiger partial charge in [0.2, 0.25) is 10.0 Å². The van der Waals surface area contributed by atoms with Crippen LogP contribution in [0.15, 0.2) is 83.8 Å². The van der Waals surface area contributed by atoms with Gasteiger partial charge in [0, 0.05) is 12.7 Å². The van der Waals surface area contributed by atoms with Gasteiger partial charge in [-0.15, -0.1) is 0 Å². The summed E-state index contributed by atoms with van der Waals surface area (Å²) in [6.07, 6.45) is 0. The molecule has 0 saturated heterocycles. The van der Waals surface area contributed by atoms with E-state index in [-0.39, 0.29) is 4.90 Å². The van der Waals surface area contributed by atoms with Crippen molar-refractivity contribution in [2.24, 2.45) is 5.14 Å². The van der Waals surface area contributed by atoms with Crippen LogP contribution in [0.5, 0.6) is 17.2 Å². The Bertz CT molecular complexity index is 989. The van der Waals surface area contributed by atoms with Crippen molar-refractivity contribution in [1.82, 2.24) is 0 Å². The predicted octanol–water partition coefficient (Wildman–Crippen LogP) is 3.64. The average Bonchev–Trinajstić information content (AvgIpc) is 2.69. The summed E-state index contributed by atoms with van der Waals surface area (Å²) in [7, 11) is -1.71. The Morgan fingerprint density at radius 3 is 2.00 bits per heavy atom. The zero-order chi connectivity index (χ0) is 20.0. The molecule has 0 heterocycles. The predicted molar refractivity (Wildman–Crippen MR) is 110 cm³/mol. The normalized spacial score (nSPS) is 11.1. The summed E-state index contributed by atoms with van der Waals surface area (Å²) < 4.78 is 34.0. The first-order valence-corrected chi connectivity index (χ1v) is 10.3. The molecule has 0 unspecified atom stereocenters. The van der Waals surface area contributed by atoms with E-state index in [1.165, 1.54) is 12.1 Å². The molecule has 0 spiro atoms. The molecule has 3 aromatic rings. The van der Waals surface area contributed by atoms with E-state index >= 15 is 0 Å². The molecule has 2 N–H and O–H groups in total. The number of para-hydroxylation sites is 1. The number of likely N-dealkylation sites (N-methyl/N-ethyl adjacent to an activating group) is 1. The van der Waals surface area contributed by atoms with Crippen molar-refractivity contribution in [1.29, 1.82) is 0 Å². The lowest BCUT2D eigenvalue weighted by molar-refractivity contribution is 0.325. The van der Waals surface area contributed by atoms with Crippen LogP contribution < -0.4 is 19.5 Å². The molecule has 3 aromatic carbocycles. The molecule has 7 heteroatoms. The zero-order valence-corrected chi connectivity index (χ0v) is 16.3. The number of hydrogen-bond acceptors (Lipinski definition) is 5. The second-order valence-electron chi connectivity index (χ2n) is 6.20. The number of anilines is 1. The lowest BCUT2D eigenvalue weighted by Crippen LogP contribution is -2.23. The number of ether oxygens (including phenoxy) is 2. The van der Waals surface area contributed by atoms with Crippen molar-refractivity contribution in [3.05, 3.63) is 78.9 Å². The first kappa shape index (κ1) is 19.7. The summed E-state index contributed by atoms with van der Waals surface area (Å²) in [5.74, 6) is 2.16. The van der Waals surface area contributed by atoms with Crippen LogP contribution in [0.4, 0.5) is 5.69 Å². The lowest BCUT2D eigenvalue weighted by atomic mass is 10.2. The molecule has 0 atom stereocenters. The van der Waals surface area contributed by atoms with Gasteiger partial charge in [-0.25, -0.2) is 13.6 Å². The van der Waals surface area contributed by atoms with Crippen LogP contribution in [0.25, 0.3) is 0 Å². The maximum absolute atomic E-state index is 11.3. The fourth-order valence-corrected chi connectivity index (χ4v) is 3.06. The smallest absolute Gasteiger partial charge is 0.238 e. The summed E-state index contributed by atoms with van der Waals surface area (Å²) in [5.41, 5.74) is 1.04. The Labute approximate surface area is 165 Å². The Morgan fingerprint density at radius 2 is 1.39 bits per heavy atom. The van der Waals surface area contributed by atoms with Crippen molar-refractivity contribution in [3.8, 4) is 17.2 Å². The van der Waals surface area contributed by atoms with E-state index in [0.29, 0.717) is 18.9 Å². The van der Waals surface area contributed by atoms with Crippen LogP contribution in [0.2, 0.25) is 0 Å². The second-order valence-corrected chi connectivity index (χ2v) is 7.76. The topological polar surface area (TPSA) is 81.9 Å². The highest BCUT2D eigenvalue weighted by Crippen LogP contribution is 2.24. The van der Waals surface area contributed by atoms with E-state index in [0.717, 1.165) is 17.2 Å². The molecular weight excluding hydrogens is 376 g/mol. The lowest BCUT2D eigenvalue weighted by Gasteiger charge is -2.20. The average molecular weight is 398 g/mol. The third kappa shape index (κ3) is 5.48. The molecule has 0 aromatic heterocycles. The van der Waals surface area contributed by atoms with Crippen molar-refractivity contribution in [2.45, 2.75) is 4.90 Å². The van der Waals surface area contributed by atoms with Crippen LogP contribution in [0.1, 0.15) is 0 Å². The molecule has 0 fully saturated rings. The summed E-state index contributed by atoms with van der Waals surface area (Å²) in [5, 5.41) is 5.08. The quantitative estimate of drug-likeness (QED) is 0.626. The van der Waals surface area contributed by atoms with E-state index < -0.39 is 10.0 Å².